The number of amidine groups is 1. The van der Waals surface area contributed by atoms with E-state index in [0.29, 0.717) is 29.0 Å². The zero-order valence-electron chi connectivity index (χ0n) is 12.8. The Morgan fingerprint density at radius 2 is 2.13 bits per heavy atom. The molecular weight excluding hydrogens is 357 g/mol. The van der Waals surface area contributed by atoms with E-state index in [0.717, 1.165) is 0 Å². The largest absolute Gasteiger partial charge is 0.325 e. The number of thioether (sulfide) groups is 1. The minimum atomic E-state index is -0.460. The Bertz CT molecular complexity index is 652. The Morgan fingerprint density at radius 3 is 2.78 bits per heavy atom. The molecule has 1 heterocycles. The average molecular weight is 374 g/mol. The van der Waals surface area contributed by atoms with Crippen LogP contribution in [0.2, 0.25) is 10.0 Å². The fourth-order valence-corrected chi connectivity index (χ4v) is 3.77. The van der Waals surface area contributed by atoms with Crippen molar-refractivity contribution in [3.05, 3.63) is 28.2 Å². The SMILES string of the molecule is CCN=C1S[C@H](CC(=O)Nc2cccc(Cl)c2Cl)C(=O)N1CC. The van der Waals surface area contributed by atoms with Crippen LogP contribution in [0.25, 0.3) is 0 Å². The summed E-state index contributed by atoms with van der Waals surface area (Å²) in [5.74, 6) is -0.370. The zero-order valence-corrected chi connectivity index (χ0v) is 15.1. The molecule has 1 aromatic carbocycles. The predicted molar refractivity (Wildman–Crippen MR) is 96.5 cm³/mol. The number of halogens is 2. The summed E-state index contributed by atoms with van der Waals surface area (Å²) in [5, 5.41) is 3.57. The fourth-order valence-electron chi connectivity index (χ4n) is 2.16. The van der Waals surface area contributed by atoms with Crippen LogP contribution in [0.1, 0.15) is 20.3 Å². The molecule has 8 heteroatoms. The first kappa shape index (κ1) is 18.1. The van der Waals surface area contributed by atoms with Gasteiger partial charge in [-0.3, -0.25) is 19.5 Å². The molecule has 1 aliphatic rings. The van der Waals surface area contributed by atoms with Crippen LogP contribution in [0.15, 0.2) is 23.2 Å². The van der Waals surface area contributed by atoms with Crippen LogP contribution in [0.4, 0.5) is 5.69 Å². The van der Waals surface area contributed by atoms with Gasteiger partial charge in [-0.05, 0) is 26.0 Å². The van der Waals surface area contributed by atoms with Crippen LogP contribution in [0.3, 0.4) is 0 Å². The molecule has 5 nitrogen and oxygen atoms in total. The molecule has 1 aromatic rings. The van der Waals surface area contributed by atoms with E-state index in [1.807, 2.05) is 13.8 Å². The number of carbonyl (C=O) groups is 2. The smallest absolute Gasteiger partial charge is 0.242 e. The van der Waals surface area contributed by atoms with Crippen molar-refractivity contribution in [1.82, 2.24) is 4.90 Å². The van der Waals surface area contributed by atoms with Gasteiger partial charge < -0.3 is 5.32 Å². The highest BCUT2D eigenvalue weighted by Gasteiger charge is 2.38. The molecule has 2 rings (SSSR count). The number of rotatable bonds is 5. The van der Waals surface area contributed by atoms with Crippen LogP contribution in [-0.4, -0.2) is 40.2 Å². The third-order valence-corrected chi connectivity index (χ3v) is 5.26. The second-order valence-corrected chi connectivity index (χ2v) is 6.75. The molecule has 0 bridgehead atoms. The summed E-state index contributed by atoms with van der Waals surface area (Å²) < 4.78 is 0. The van der Waals surface area contributed by atoms with Crippen molar-refractivity contribution in [2.75, 3.05) is 18.4 Å². The number of hydrogen-bond donors (Lipinski definition) is 1. The van der Waals surface area contributed by atoms with Crippen molar-refractivity contribution in [3.8, 4) is 0 Å². The Labute approximate surface area is 149 Å². The van der Waals surface area contributed by atoms with Crippen LogP contribution in [-0.2, 0) is 9.59 Å². The molecule has 124 valence electrons. The third kappa shape index (κ3) is 4.19. The van der Waals surface area contributed by atoms with E-state index < -0.39 is 5.25 Å². The molecule has 1 saturated heterocycles. The van der Waals surface area contributed by atoms with E-state index in [2.05, 4.69) is 10.3 Å². The quantitative estimate of drug-likeness (QED) is 0.856. The first-order valence-electron chi connectivity index (χ1n) is 7.24. The minimum Gasteiger partial charge on any atom is -0.325 e. The van der Waals surface area contributed by atoms with E-state index in [9.17, 15) is 9.59 Å². The maximum absolute atomic E-state index is 12.3. The third-order valence-electron chi connectivity index (χ3n) is 3.23. The zero-order chi connectivity index (χ0) is 17.0. The summed E-state index contributed by atoms with van der Waals surface area (Å²) in [6.45, 7) is 4.94. The second kappa shape index (κ2) is 8.04. The van der Waals surface area contributed by atoms with Crippen LogP contribution >= 0.6 is 35.0 Å². The van der Waals surface area contributed by atoms with Gasteiger partial charge in [0, 0.05) is 19.5 Å². The highest BCUT2D eigenvalue weighted by molar-refractivity contribution is 8.15. The summed E-state index contributed by atoms with van der Waals surface area (Å²) in [6, 6.07) is 5.00. The van der Waals surface area contributed by atoms with Gasteiger partial charge in [0.05, 0.1) is 15.7 Å². The molecule has 1 atom stereocenters. The normalized spacial score (nSPS) is 19.5. The van der Waals surface area contributed by atoms with Crippen LogP contribution in [0, 0.1) is 0 Å². The number of hydrogen-bond acceptors (Lipinski definition) is 4. The number of nitrogens with zero attached hydrogens (tertiary/aromatic N) is 2. The van der Waals surface area contributed by atoms with Crippen molar-refractivity contribution in [3.63, 3.8) is 0 Å². The van der Waals surface area contributed by atoms with E-state index in [1.165, 1.54) is 11.8 Å². The van der Waals surface area contributed by atoms with Gasteiger partial charge in [-0.2, -0.15) is 0 Å². The minimum absolute atomic E-state index is 0.0611. The van der Waals surface area contributed by atoms with Gasteiger partial charge in [-0.15, -0.1) is 0 Å². The number of anilines is 1. The lowest BCUT2D eigenvalue weighted by molar-refractivity contribution is -0.128. The second-order valence-electron chi connectivity index (χ2n) is 4.80. The Kier molecular flexibility index (Phi) is 6.33. The molecule has 0 aromatic heterocycles. The molecule has 1 aliphatic heterocycles. The Morgan fingerprint density at radius 1 is 1.39 bits per heavy atom. The lowest BCUT2D eigenvalue weighted by Gasteiger charge is -2.13. The van der Waals surface area contributed by atoms with E-state index in [4.69, 9.17) is 23.2 Å². The van der Waals surface area contributed by atoms with Crippen molar-refractivity contribution in [2.45, 2.75) is 25.5 Å². The molecule has 0 aliphatic carbocycles. The Balaban J connectivity index is 2.04. The number of nitrogens with one attached hydrogen (secondary N) is 1. The summed E-state index contributed by atoms with van der Waals surface area (Å²) in [7, 11) is 0. The van der Waals surface area contributed by atoms with Gasteiger partial charge in [-0.1, -0.05) is 41.0 Å². The van der Waals surface area contributed by atoms with Gasteiger partial charge in [0.15, 0.2) is 5.17 Å². The van der Waals surface area contributed by atoms with Crippen molar-refractivity contribution in [2.24, 2.45) is 4.99 Å². The van der Waals surface area contributed by atoms with Crippen molar-refractivity contribution < 1.29 is 9.59 Å². The summed E-state index contributed by atoms with van der Waals surface area (Å²) in [6.07, 6.45) is 0.0611. The van der Waals surface area contributed by atoms with Crippen molar-refractivity contribution in [1.29, 1.82) is 0 Å². The average Bonchev–Trinajstić information content (AvgIpc) is 2.79. The predicted octanol–water partition coefficient (Wildman–Crippen LogP) is 3.66. The molecule has 0 spiro atoms. The van der Waals surface area contributed by atoms with Crippen LogP contribution in [0.5, 0.6) is 0 Å². The molecule has 1 fully saturated rings. The van der Waals surface area contributed by atoms with E-state index in [-0.39, 0.29) is 23.3 Å². The Hall–Kier alpha value is -1.24. The van der Waals surface area contributed by atoms with Gasteiger partial charge in [0.2, 0.25) is 11.8 Å². The lowest BCUT2D eigenvalue weighted by Crippen LogP contribution is -2.33. The molecule has 23 heavy (non-hydrogen) atoms. The summed E-state index contributed by atoms with van der Waals surface area (Å²) in [5.41, 5.74) is 0.439. The van der Waals surface area contributed by atoms with Gasteiger partial charge in [0.25, 0.3) is 0 Å². The van der Waals surface area contributed by atoms with Gasteiger partial charge >= 0.3 is 0 Å². The highest BCUT2D eigenvalue weighted by atomic mass is 35.5. The number of amides is 2. The van der Waals surface area contributed by atoms with E-state index in [1.54, 1.807) is 23.1 Å². The molecule has 0 radical (unpaired) electrons. The molecule has 2 amide bonds. The number of carbonyl (C=O) groups excluding carboxylic acids is 2. The standard InChI is InChI=1S/C15H17Cl2N3O2S/c1-3-18-15-20(4-2)14(22)11(23-15)8-12(21)19-10-7-5-6-9(16)13(10)17/h5-7,11H,3-4,8H2,1-2H3,(H,19,21)/t11-/m1/s1. The maximum atomic E-state index is 12.3. The monoisotopic (exact) mass is 373 g/mol. The van der Waals surface area contributed by atoms with Crippen LogP contribution < -0.4 is 5.32 Å². The molecule has 0 saturated carbocycles. The highest BCUT2D eigenvalue weighted by Crippen LogP contribution is 2.32. The molecule has 1 N–H and O–H groups in total. The molecular formula is C15H17Cl2N3O2S. The first-order valence-corrected chi connectivity index (χ1v) is 8.87. The lowest BCUT2D eigenvalue weighted by atomic mass is 10.2. The first-order chi connectivity index (χ1) is 11.0. The van der Waals surface area contributed by atoms with Gasteiger partial charge in [-0.25, -0.2) is 0 Å². The maximum Gasteiger partial charge on any atom is 0.242 e. The van der Waals surface area contributed by atoms with E-state index >= 15 is 0 Å². The number of benzene rings is 1. The fraction of sp³-hybridized carbons (Fsp3) is 0.400. The van der Waals surface area contributed by atoms with Crippen molar-refractivity contribution >= 4 is 57.6 Å². The number of aliphatic imine (C=N–C) groups is 1. The topological polar surface area (TPSA) is 61.8 Å². The van der Waals surface area contributed by atoms with Gasteiger partial charge in [0.1, 0.15) is 5.25 Å². The summed E-state index contributed by atoms with van der Waals surface area (Å²) >= 11 is 13.3. The summed E-state index contributed by atoms with van der Waals surface area (Å²) in [4.78, 5) is 30.4. The molecule has 0 unspecified atom stereocenters.